The van der Waals surface area contributed by atoms with Crippen LogP contribution in [-0.4, -0.2) is 21.8 Å². The average Bonchev–Trinajstić information content (AvgIpc) is 2.48. The van der Waals surface area contributed by atoms with Crippen LogP contribution in [-0.2, 0) is 17.9 Å². The van der Waals surface area contributed by atoms with E-state index < -0.39 is 11.8 Å². The Morgan fingerprint density at radius 1 is 1.00 bits per heavy atom. The maximum absolute atomic E-state index is 14.6. The molecule has 3 nitrogen and oxygen atoms in total. The van der Waals surface area contributed by atoms with Crippen LogP contribution < -0.4 is 0 Å². The Morgan fingerprint density at radius 2 is 1.38 bits per heavy atom. The lowest BCUT2D eigenvalue weighted by Gasteiger charge is -2.31. The van der Waals surface area contributed by atoms with E-state index >= 15 is 0 Å². The van der Waals surface area contributed by atoms with Crippen molar-refractivity contribution in [1.82, 2.24) is 4.90 Å². The standard InChI is InChI=1S/C17H18FNO2/c1-17(18,16(20)21)19(12-14-8-4-2-5-9-14)13-15-10-6-3-7-11-15/h2-11H,12-13H2,1H3,(H,20,21). The summed E-state index contributed by atoms with van der Waals surface area (Å²) >= 11 is 0. The molecule has 0 heterocycles. The van der Waals surface area contributed by atoms with Crippen LogP contribution in [0.2, 0.25) is 0 Å². The van der Waals surface area contributed by atoms with Crippen molar-refractivity contribution in [1.29, 1.82) is 0 Å². The lowest BCUT2D eigenvalue weighted by Crippen LogP contribution is -2.48. The molecule has 0 bridgehead atoms. The van der Waals surface area contributed by atoms with Crippen LogP contribution in [0, 0.1) is 0 Å². The van der Waals surface area contributed by atoms with Crippen molar-refractivity contribution in [3.8, 4) is 0 Å². The van der Waals surface area contributed by atoms with Crippen molar-refractivity contribution in [2.45, 2.75) is 25.8 Å². The minimum atomic E-state index is -2.42. The minimum absolute atomic E-state index is 0.231. The van der Waals surface area contributed by atoms with E-state index in [0.29, 0.717) is 0 Å². The van der Waals surface area contributed by atoms with Gasteiger partial charge in [-0.25, -0.2) is 9.18 Å². The molecule has 0 aliphatic heterocycles. The number of carbonyl (C=O) groups is 1. The lowest BCUT2D eigenvalue weighted by atomic mass is 10.1. The maximum atomic E-state index is 14.6. The van der Waals surface area contributed by atoms with Crippen LogP contribution in [0.5, 0.6) is 0 Å². The zero-order valence-corrected chi connectivity index (χ0v) is 11.9. The van der Waals surface area contributed by atoms with Gasteiger partial charge in [0.1, 0.15) is 0 Å². The molecule has 4 heteroatoms. The van der Waals surface area contributed by atoms with Crippen LogP contribution in [0.25, 0.3) is 0 Å². The molecular weight excluding hydrogens is 269 g/mol. The molecular formula is C17H18FNO2. The van der Waals surface area contributed by atoms with E-state index in [4.69, 9.17) is 5.11 Å². The van der Waals surface area contributed by atoms with E-state index in [9.17, 15) is 9.18 Å². The Morgan fingerprint density at radius 3 is 1.71 bits per heavy atom. The highest BCUT2D eigenvalue weighted by atomic mass is 19.1. The lowest BCUT2D eigenvalue weighted by molar-refractivity contribution is -0.165. The predicted octanol–water partition coefficient (Wildman–Crippen LogP) is 3.46. The number of aliphatic carboxylic acids is 1. The molecule has 2 aromatic rings. The summed E-state index contributed by atoms with van der Waals surface area (Å²) in [5.74, 6) is -3.90. The average molecular weight is 287 g/mol. The van der Waals surface area contributed by atoms with Crippen molar-refractivity contribution in [2.24, 2.45) is 0 Å². The summed E-state index contributed by atoms with van der Waals surface area (Å²) in [6, 6.07) is 18.6. The molecule has 0 amide bonds. The monoisotopic (exact) mass is 287 g/mol. The molecule has 0 fully saturated rings. The van der Waals surface area contributed by atoms with Crippen LogP contribution in [0.4, 0.5) is 4.39 Å². The summed E-state index contributed by atoms with van der Waals surface area (Å²) in [5.41, 5.74) is 1.75. The Balaban J connectivity index is 2.24. The van der Waals surface area contributed by atoms with Crippen molar-refractivity contribution in [2.75, 3.05) is 0 Å². The second-order valence-corrected chi connectivity index (χ2v) is 5.09. The number of halogens is 1. The van der Waals surface area contributed by atoms with Crippen LogP contribution in [0.3, 0.4) is 0 Å². The predicted molar refractivity (Wildman–Crippen MR) is 79.3 cm³/mol. The quantitative estimate of drug-likeness (QED) is 0.827. The molecule has 1 atom stereocenters. The second kappa shape index (κ2) is 6.50. The number of alkyl halides is 1. The fourth-order valence-corrected chi connectivity index (χ4v) is 2.10. The first-order valence-electron chi connectivity index (χ1n) is 6.75. The van der Waals surface area contributed by atoms with Crippen molar-refractivity contribution < 1.29 is 14.3 Å². The van der Waals surface area contributed by atoms with E-state index in [1.54, 1.807) is 0 Å². The first-order chi connectivity index (χ1) is 10.00. The van der Waals surface area contributed by atoms with Gasteiger partial charge in [-0.15, -0.1) is 0 Å². The molecule has 1 N–H and O–H groups in total. The molecule has 2 aromatic carbocycles. The van der Waals surface area contributed by atoms with Gasteiger partial charge in [-0.2, -0.15) is 0 Å². The molecule has 0 aliphatic carbocycles. The third kappa shape index (κ3) is 3.89. The van der Waals surface area contributed by atoms with Crippen LogP contribution >= 0.6 is 0 Å². The van der Waals surface area contributed by atoms with Crippen molar-refractivity contribution >= 4 is 5.97 Å². The summed E-state index contributed by atoms with van der Waals surface area (Å²) < 4.78 is 14.6. The van der Waals surface area contributed by atoms with Gasteiger partial charge in [0.05, 0.1) is 0 Å². The van der Waals surface area contributed by atoms with Gasteiger partial charge in [-0.05, 0) is 18.1 Å². The molecule has 110 valence electrons. The maximum Gasteiger partial charge on any atom is 0.356 e. The van der Waals surface area contributed by atoms with E-state index in [0.717, 1.165) is 18.1 Å². The Bertz CT molecular complexity index is 543. The minimum Gasteiger partial charge on any atom is -0.478 e. The summed E-state index contributed by atoms with van der Waals surface area (Å²) in [7, 11) is 0. The third-order valence-corrected chi connectivity index (χ3v) is 3.42. The molecule has 1 unspecified atom stereocenters. The number of rotatable bonds is 6. The number of nitrogens with zero attached hydrogens (tertiary/aromatic N) is 1. The van der Waals surface area contributed by atoms with Gasteiger partial charge in [-0.3, -0.25) is 4.90 Å². The molecule has 0 radical (unpaired) electrons. The highest BCUT2D eigenvalue weighted by Crippen LogP contribution is 2.23. The van der Waals surface area contributed by atoms with Gasteiger partial charge in [0.15, 0.2) is 0 Å². The topological polar surface area (TPSA) is 40.5 Å². The molecule has 0 aliphatic rings. The van der Waals surface area contributed by atoms with Crippen LogP contribution in [0.1, 0.15) is 18.1 Å². The Hall–Kier alpha value is -2.20. The summed E-state index contributed by atoms with van der Waals surface area (Å²) in [5, 5.41) is 9.15. The number of benzene rings is 2. The van der Waals surface area contributed by atoms with Gasteiger partial charge >= 0.3 is 5.97 Å². The van der Waals surface area contributed by atoms with E-state index in [-0.39, 0.29) is 13.1 Å². The highest BCUT2D eigenvalue weighted by Gasteiger charge is 2.39. The number of hydrogen-bond acceptors (Lipinski definition) is 2. The van der Waals surface area contributed by atoms with Gasteiger partial charge in [0.2, 0.25) is 0 Å². The van der Waals surface area contributed by atoms with Gasteiger partial charge in [0, 0.05) is 13.1 Å². The van der Waals surface area contributed by atoms with Crippen LogP contribution in [0.15, 0.2) is 60.7 Å². The van der Waals surface area contributed by atoms with Crippen molar-refractivity contribution in [3.05, 3.63) is 71.8 Å². The van der Waals surface area contributed by atoms with E-state index in [1.165, 1.54) is 4.90 Å². The summed E-state index contributed by atoms with van der Waals surface area (Å²) in [4.78, 5) is 12.5. The van der Waals surface area contributed by atoms with E-state index in [2.05, 4.69) is 0 Å². The molecule has 0 saturated heterocycles. The second-order valence-electron chi connectivity index (χ2n) is 5.09. The molecule has 0 saturated carbocycles. The fourth-order valence-electron chi connectivity index (χ4n) is 2.10. The molecule has 2 rings (SSSR count). The number of carboxylic acid groups (broad SMARTS) is 1. The highest BCUT2D eigenvalue weighted by molar-refractivity contribution is 5.76. The van der Waals surface area contributed by atoms with Gasteiger partial charge in [-0.1, -0.05) is 60.7 Å². The fraction of sp³-hybridized carbons (Fsp3) is 0.235. The SMILES string of the molecule is CC(F)(C(=O)O)N(Cc1ccccc1)Cc1ccccc1. The molecule has 0 spiro atoms. The van der Waals surface area contributed by atoms with E-state index in [1.807, 2.05) is 60.7 Å². The first kappa shape index (κ1) is 15.2. The smallest absolute Gasteiger partial charge is 0.356 e. The number of hydrogen-bond donors (Lipinski definition) is 1. The van der Waals surface area contributed by atoms with Crippen molar-refractivity contribution in [3.63, 3.8) is 0 Å². The Labute approximate surface area is 123 Å². The zero-order chi connectivity index (χ0) is 15.3. The molecule has 21 heavy (non-hydrogen) atoms. The third-order valence-electron chi connectivity index (χ3n) is 3.42. The van der Waals surface area contributed by atoms with Gasteiger partial charge in [0.25, 0.3) is 5.79 Å². The Kier molecular flexibility index (Phi) is 4.70. The summed E-state index contributed by atoms with van der Waals surface area (Å²) in [6.07, 6.45) is 0. The normalized spacial score (nSPS) is 13.9. The largest absolute Gasteiger partial charge is 0.478 e. The molecule has 0 aromatic heterocycles. The first-order valence-corrected chi connectivity index (χ1v) is 6.75. The number of carboxylic acids is 1. The van der Waals surface area contributed by atoms with Gasteiger partial charge < -0.3 is 5.11 Å². The zero-order valence-electron chi connectivity index (χ0n) is 11.9. The summed E-state index contributed by atoms with van der Waals surface area (Å²) in [6.45, 7) is 1.55.